The predicted molar refractivity (Wildman–Crippen MR) is 95.3 cm³/mol. The Balaban J connectivity index is 1.56. The third-order valence-corrected chi connectivity index (χ3v) is 5.00. The van der Waals surface area contributed by atoms with Gasteiger partial charge in [-0.2, -0.15) is 13.2 Å². The molecule has 1 saturated carbocycles. The number of hydrogen-bond acceptors (Lipinski definition) is 2. The molecule has 0 spiro atoms. The number of amides is 1. The first-order valence-corrected chi connectivity index (χ1v) is 8.95. The third-order valence-electron chi connectivity index (χ3n) is 5.00. The minimum absolute atomic E-state index is 0.0148. The highest BCUT2D eigenvalue weighted by molar-refractivity contribution is 5.76. The minimum atomic E-state index is -4.73. The van der Waals surface area contributed by atoms with Gasteiger partial charge in [0.05, 0.1) is 0 Å². The van der Waals surface area contributed by atoms with Crippen LogP contribution in [-0.2, 0) is 17.5 Å². The molecule has 0 radical (unpaired) electrons. The molecule has 1 N–H and O–H groups in total. The normalized spacial score (nSPS) is 20.3. The van der Waals surface area contributed by atoms with E-state index in [0.29, 0.717) is 5.92 Å². The second kappa shape index (κ2) is 7.98. The number of rotatable bonds is 4. The van der Waals surface area contributed by atoms with Gasteiger partial charge in [0.25, 0.3) is 5.56 Å². The summed E-state index contributed by atoms with van der Waals surface area (Å²) in [5.41, 5.74) is -1.17. The minimum Gasteiger partial charge on any atom is -0.352 e. The molecule has 1 aliphatic carbocycles. The molecule has 0 saturated heterocycles. The Bertz CT molecular complexity index is 838. The van der Waals surface area contributed by atoms with E-state index in [1.54, 1.807) is 0 Å². The maximum Gasteiger partial charge on any atom is 0.421 e. The van der Waals surface area contributed by atoms with E-state index in [-0.39, 0.29) is 6.04 Å². The van der Waals surface area contributed by atoms with Gasteiger partial charge in [0.15, 0.2) is 0 Å². The number of aromatic nitrogens is 1. The predicted octanol–water partition coefficient (Wildman–Crippen LogP) is 3.71. The SMILES string of the molecule is O=C(Cn1cccc(C(F)(F)F)c1=O)NC1CCC(c2ccccc2)CC1. The molecule has 1 aromatic carbocycles. The summed E-state index contributed by atoms with van der Waals surface area (Å²) in [6.07, 6.45) is -0.0294. The summed E-state index contributed by atoms with van der Waals surface area (Å²) in [5.74, 6) is 0.0185. The summed E-state index contributed by atoms with van der Waals surface area (Å²) in [5, 5.41) is 2.84. The smallest absolute Gasteiger partial charge is 0.352 e. The van der Waals surface area contributed by atoms with Gasteiger partial charge < -0.3 is 9.88 Å². The molecule has 0 unspecified atom stereocenters. The molecular formula is C20H21F3N2O2. The number of hydrogen-bond donors (Lipinski definition) is 1. The third kappa shape index (κ3) is 4.78. The van der Waals surface area contributed by atoms with Crippen molar-refractivity contribution in [2.45, 2.75) is 50.4 Å². The van der Waals surface area contributed by atoms with Gasteiger partial charge in [-0.05, 0) is 49.3 Å². The number of carbonyl (C=O) groups is 1. The lowest BCUT2D eigenvalue weighted by Gasteiger charge is -2.29. The van der Waals surface area contributed by atoms with E-state index in [9.17, 15) is 22.8 Å². The average Bonchev–Trinajstić information content (AvgIpc) is 2.64. The number of nitrogens with zero attached hydrogens (tertiary/aromatic N) is 1. The molecule has 1 aromatic heterocycles. The maximum atomic E-state index is 12.8. The summed E-state index contributed by atoms with van der Waals surface area (Å²) in [4.78, 5) is 24.1. The van der Waals surface area contributed by atoms with Crippen LogP contribution in [0, 0.1) is 0 Å². The van der Waals surface area contributed by atoms with Crippen molar-refractivity contribution in [3.05, 3.63) is 70.1 Å². The zero-order chi connectivity index (χ0) is 19.4. The van der Waals surface area contributed by atoms with Crippen molar-refractivity contribution in [1.29, 1.82) is 0 Å². The number of alkyl halides is 3. The Morgan fingerprint density at radius 1 is 1.04 bits per heavy atom. The van der Waals surface area contributed by atoms with Crippen LogP contribution in [0.1, 0.15) is 42.7 Å². The van der Waals surface area contributed by atoms with Crippen LogP contribution in [0.5, 0.6) is 0 Å². The van der Waals surface area contributed by atoms with Crippen molar-refractivity contribution in [2.75, 3.05) is 0 Å². The van der Waals surface area contributed by atoms with Gasteiger partial charge in [0.2, 0.25) is 5.91 Å². The van der Waals surface area contributed by atoms with E-state index in [2.05, 4.69) is 17.4 Å². The molecule has 0 bridgehead atoms. The van der Waals surface area contributed by atoms with Gasteiger partial charge in [-0.25, -0.2) is 0 Å². The van der Waals surface area contributed by atoms with Crippen molar-refractivity contribution in [2.24, 2.45) is 0 Å². The van der Waals surface area contributed by atoms with E-state index in [4.69, 9.17) is 0 Å². The van der Waals surface area contributed by atoms with Crippen LogP contribution in [0.15, 0.2) is 53.5 Å². The molecule has 1 aliphatic rings. The van der Waals surface area contributed by atoms with Crippen molar-refractivity contribution in [3.8, 4) is 0 Å². The first-order chi connectivity index (χ1) is 12.8. The molecule has 4 nitrogen and oxygen atoms in total. The number of benzene rings is 1. The van der Waals surface area contributed by atoms with Gasteiger partial charge in [-0.15, -0.1) is 0 Å². The first kappa shape index (κ1) is 19.2. The fourth-order valence-electron chi connectivity index (χ4n) is 3.60. The molecular weight excluding hydrogens is 357 g/mol. The molecule has 144 valence electrons. The second-order valence-corrected chi connectivity index (χ2v) is 6.88. The Morgan fingerprint density at radius 2 is 1.70 bits per heavy atom. The summed E-state index contributed by atoms with van der Waals surface area (Å²) in [6.45, 7) is -0.415. The Labute approximate surface area is 155 Å². The van der Waals surface area contributed by atoms with Crippen LogP contribution in [0.3, 0.4) is 0 Å². The van der Waals surface area contributed by atoms with Gasteiger partial charge in [0, 0.05) is 12.2 Å². The zero-order valence-corrected chi connectivity index (χ0v) is 14.7. The van der Waals surface area contributed by atoms with Crippen LogP contribution in [0.4, 0.5) is 13.2 Å². The molecule has 1 heterocycles. The van der Waals surface area contributed by atoms with Gasteiger partial charge in [0.1, 0.15) is 12.1 Å². The number of pyridine rings is 1. The van der Waals surface area contributed by atoms with E-state index in [0.717, 1.165) is 42.4 Å². The lowest BCUT2D eigenvalue weighted by molar-refractivity contribution is -0.139. The number of carbonyl (C=O) groups excluding carboxylic acids is 1. The number of nitrogens with one attached hydrogen (secondary N) is 1. The van der Waals surface area contributed by atoms with Gasteiger partial charge >= 0.3 is 6.18 Å². The van der Waals surface area contributed by atoms with Crippen LogP contribution in [0.2, 0.25) is 0 Å². The first-order valence-electron chi connectivity index (χ1n) is 8.95. The maximum absolute atomic E-state index is 12.8. The lowest BCUT2D eigenvalue weighted by Crippen LogP contribution is -2.41. The largest absolute Gasteiger partial charge is 0.421 e. The standard InChI is InChI=1S/C20H21F3N2O2/c21-20(22,23)17-7-4-12-25(19(17)27)13-18(26)24-16-10-8-15(9-11-16)14-5-2-1-3-6-14/h1-7,12,15-16H,8-11,13H2,(H,24,26). The van der Waals surface area contributed by atoms with Gasteiger partial charge in [-0.1, -0.05) is 30.3 Å². The Morgan fingerprint density at radius 3 is 2.33 bits per heavy atom. The molecule has 2 aromatic rings. The molecule has 3 rings (SSSR count). The molecule has 7 heteroatoms. The highest BCUT2D eigenvalue weighted by atomic mass is 19.4. The van der Waals surface area contributed by atoms with E-state index in [1.807, 2.05) is 18.2 Å². The van der Waals surface area contributed by atoms with Crippen LogP contribution in [0.25, 0.3) is 0 Å². The summed E-state index contributed by atoms with van der Waals surface area (Å²) in [7, 11) is 0. The van der Waals surface area contributed by atoms with Gasteiger partial charge in [-0.3, -0.25) is 9.59 Å². The Hall–Kier alpha value is -2.57. The topological polar surface area (TPSA) is 51.1 Å². The lowest BCUT2D eigenvalue weighted by atomic mass is 9.82. The van der Waals surface area contributed by atoms with E-state index in [1.165, 1.54) is 11.8 Å². The average molecular weight is 378 g/mol. The molecule has 0 aliphatic heterocycles. The van der Waals surface area contributed by atoms with Crippen LogP contribution in [-0.4, -0.2) is 16.5 Å². The highest BCUT2D eigenvalue weighted by Crippen LogP contribution is 2.32. The summed E-state index contributed by atoms with van der Waals surface area (Å²) in [6, 6.07) is 12.0. The highest BCUT2D eigenvalue weighted by Gasteiger charge is 2.34. The quantitative estimate of drug-likeness (QED) is 0.882. The Kier molecular flexibility index (Phi) is 5.68. The molecule has 0 atom stereocenters. The summed E-state index contributed by atoms with van der Waals surface area (Å²) >= 11 is 0. The van der Waals surface area contributed by atoms with Crippen LogP contribution >= 0.6 is 0 Å². The van der Waals surface area contributed by atoms with Crippen molar-refractivity contribution >= 4 is 5.91 Å². The fourth-order valence-corrected chi connectivity index (χ4v) is 3.60. The van der Waals surface area contributed by atoms with Crippen molar-refractivity contribution in [1.82, 2.24) is 9.88 Å². The summed E-state index contributed by atoms with van der Waals surface area (Å²) < 4.78 is 39.2. The zero-order valence-electron chi connectivity index (χ0n) is 14.7. The fraction of sp³-hybridized carbons (Fsp3) is 0.400. The van der Waals surface area contributed by atoms with Crippen molar-refractivity contribution in [3.63, 3.8) is 0 Å². The number of halogens is 3. The van der Waals surface area contributed by atoms with Crippen molar-refractivity contribution < 1.29 is 18.0 Å². The van der Waals surface area contributed by atoms with E-state index >= 15 is 0 Å². The molecule has 27 heavy (non-hydrogen) atoms. The molecule has 1 fully saturated rings. The molecule has 1 amide bonds. The monoisotopic (exact) mass is 378 g/mol. The van der Waals surface area contributed by atoms with E-state index < -0.39 is 29.8 Å². The second-order valence-electron chi connectivity index (χ2n) is 6.88. The van der Waals surface area contributed by atoms with Crippen LogP contribution < -0.4 is 10.9 Å².